The van der Waals surface area contributed by atoms with Gasteiger partial charge in [0, 0.05) is 25.6 Å². The van der Waals surface area contributed by atoms with E-state index in [1.807, 2.05) is 0 Å². The Balaban J connectivity index is 1.51. The van der Waals surface area contributed by atoms with Crippen molar-refractivity contribution in [1.29, 1.82) is 0 Å². The lowest BCUT2D eigenvalue weighted by Gasteiger charge is -2.11. The van der Waals surface area contributed by atoms with Gasteiger partial charge in [-0.1, -0.05) is 6.07 Å². The Hall–Kier alpha value is -3.50. The molecule has 0 atom stereocenters. The van der Waals surface area contributed by atoms with Crippen molar-refractivity contribution < 1.29 is 32.4 Å². The molecule has 8 nitrogen and oxygen atoms in total. The molecule has 0 unspecified atom stereocenters. The third-order valence-electron chi connectivity index (χ3n) is 4.12. The Morgan fingerprint density at radius 1 is 1.14 bits per heavy atom. The molecule has 2 aromatic carbocycles. The summed E-state index contributed by atoms with van der Waals surface area (Å²) in [4.78, 5) is 22.1. The highest BCUT2D eigenvalue weighted by Crippen LogP contribution is 2.35. The maximum absolute atomic E-state index is 12.7. The summed E-state index contributed by atoms with van der Waals surface area (Å²) in [6.07, 6.45) is -4.71. The van der Waals surface area contributed by atoms with E-state index in [-0.39, 0.29) is 37.9 Å². The molecule has 3 rings (SSSR count). The molecule has 0 saturated heterocycles. The maximum Gasteiger partial charge on any atom is 0.416 e. The predicted molar refractivity (Wildman–Crippen MR) is 95.6 cm³/mol. The highest BCUT2D eigenvalue weighted by molar-refractivity contribution is 5.76. The highest BCUT2D eigenvalue weighted by atomic mass is 19.4. The van der Waals surface area contributed by atoms with Crippen LogP contribution in [0.3, 0.4) is 0 Å². The van der Waals surface area contributed by atoms with Gasteiger partial charge in [-0.3, -0.25) is 14.9 Å². The van der Waals surface area contributed by atoms with Gasteiger partial charge in [0.25, 0.3) is 5.69 Å². The number of anilines is 1. The molecule has 0 spiro atoms. The molecule has 0 radical (unpaired) electrons. The van der Waals surface area contributed by atoms with E-state index in [9.17, 15) is 28.1 Å². The van der Waals surface area contributed by atoms with Crippen LogP contribution in [0.25, 0.3) is 0 Å². The molecule has 2 N–H and O–H groups in total. The number of ether oxygens (including phenoxy) is 2. The van der Waals surface area contributed by atoms with Gasteiger partial charge in [-0.25, -0.2) is 0 Å². The zero-order valence-electron chi connectivity index (χ0n) is 14.9. The second-order valence-electron chi connectivity index (χ2n) is 6.13. The predicted octanol–water partition coefficient (Wildman–Crippen LogP) is 3.46. The summed E-state index contributed by atoms with van der Waals surface area (Å²) in [5.74, 6) is 0.889. The van der Waals surface area contributed by atoms with Crippen LogP contribution in [0.2, 0.25) is 0 Å². The van der Waals surface area contributed by atoms with Gasteiger partial charge in [0.2, 0.25) is 12.7 Å². The molecule has 0 aliphatic carbocycles. The monoisotopic (exact) mass is 411 g/mol. The van der Waals surface area contributed by atoms with Crippen molar-refractivity contribution >= 4 is 17.3 Å². The third kappa shape index (κ3) is 5.06. The quantitative estimate of drug-likeness (QED) is 0.534. The number of carbonyl (C=O) groups excluding carboxylic acids is 1. The summed E-state index contributed by atoms with van der Waals surface area (Å²) in [5.41, 5.74) is -1.11. The second kappa shape index (κ2) is 8.25. The second-order valence-corrected chi connectivity index (χ2v) is 6.13. The Bertz CT molecular complexity index is 933. The van der Waals surface area contributed by atoms with E-state index in [0.29, 0.717) is 17.6 Å². The van der Waals surface area contributed by atoms with Crippen LogP contribution in [-0.2, 0) is 17.5 Å². The molecule has 0 fully saturated rings. The number of amides is 1. The average Bonchev–Trinajstić information content (AvgIpc) is 3.13. The van der Waals surface area contributed by atoms with Crippen LogP contribution >= 0.6 is 0 Å². The van der Waals surface area contributed by atoms with Gasteiger partial charge in [0.1, 0.15) is 5.69 Å². The summed E-state index contributed by atoms with van der Waals surface area (Å²) < 4.78 is 48.6. The van der Waals surface area contributed by atoms with Crippen LogP contribution in [0.4, 0.5) is 24.5 Å². The molecule has 1 amide bonds. The molecule has 2 aromatic rings. The minimum Gasteiger partial charge on any atom is -0.454 e. The van der Waals surface area contributed by atoms with E-state index in [1.165, 1.54) is 0 Å². The molecule has 0 saturated carbocycles. The lowest BCUT2D eigenvalue weighted by Crippen LogP contribution is -2.25. The van der Waals surface area contributed by atoms with Crippen LogP contribution < -0.4 is 20.1 Å². The van der Waals surface area contributed by atoms with Crippen molar-refractivity contribution in [2.45, 2.75) is 19.1 Å². The summed E-state index contributed by atoms with van der Waals surface area (Å²) in [5, 5.41) is 16.4. The lowest BCUT2D eigenvalue weighted by atomic mass is 10.1. The molecule has 154 valence electrons. The van der Waals surface area contributed by atoms with E-state index in [1.54, 1.807) is 18.2 Å². The van der Waals surface area contributed by atoms with Crippen molar-refractivity contribution in [2.75, 3.05) is 18.7 Å². The Morgan fingerprint density at radius 2 is 1.90 bits per heavy atom. The number of nitrogens with one attached hydrogen (secondary N) is 2. The molecule has 1 aliphatic rings. The number of benzene rings is 2. The van der Waals surface area contributed by atoms with Gasteiger partial charge >= 0.3 is 6.18 Å². The Labute approximate surface area is 162 Å². The van der Waals surface area contributed by atoms with Crippen LogP contribution in [0.5, 0.6) is 11.5 Å². The highest BCUT2D eigenvalue weighted by Gasteiger charge is 2.33. The number of nitro benzene ring substituents is 1. The van der Waals surface area contributed by atoms with E-state index < -0.39 is 22.4 Å². The summed E-state index contributed by atoms with van der Waals surface area (Å²) in [6, 6.07) is 7.43. The SMILES string of the molecule is O=C(CCNc1ccc(C(F)(F)F)cc1[N+](=O)[O-])NCc1ccc2c(c1)OCO2. The number of alkyl halides is 3. The van der Waals surface area contributed by atoms with Crippen molar-refractivity contribution in [1.82, 2.24) is 5.32 Å². The van der Waals surface area contributed by atoms with Gasteiger partial charge < -0.3 is 20.1 Å². The van der Waals surface area contributed by atoms with E-state index in [4.69, 9.17) is 9.47 Å². The molecular weight excluding hydrogens is 395 g/mol. The molecule has 1 heterocycles. The molecular formula is C18H16F3N3O5. The van der Waals surface area contributed by atoms with Crippen molar-refractivity contribution in [2.24, 2.45) is 0 Å². The first kappa shape index (κ1) is 20.2. The molecule has 0 aromatic heterocycles. The van der Waals surface area contributed by atoms with Crippen LogP contribution in [0.15, 0.2) is 36.4 Å². The first-order valence-electron chi connectivity index (χ1n) is 8.49. The minimum absolute atomic E-state index is 0.0131. The largest absolute Gasteiger partial charge is 0.454 e. The van der Waals surface area contributed by atoms with E-state index in [2.05, 4.69) is 10.6 Å². The Kier molecular flexibility index (Phi) is 5.76. The number of rotatable bonds is 7. The molecule has 11 heteroatoms. The number of hydrogen-bond donors (Lipinski definition) is 2. The fourth-order valence-electron chi connectivity index (χ4n) is 2.66. The van der Waals surface area contributed by atoms with E-state index in [0.717, 1.165) is 17.7 Å². The fraction of sp³-hybridized carbons (Fsp3) is 0.278. The van der Waals surface area contributed by atoms with Gasteiger partial charge in [0.05, 0.1) is 10.5 Å². The number of carbonyl (C=O) groups is 1. The average molecular weight is 411 g/mol. The van der Waals surface area contributed by atoms with E-state index >= 15 is 0 Å². The van der Waals surface area contributed by atoms with Crippen molar-refractivity contribution in [3.8, 4) is 11.5 Å². The lowest BCUT2D eigenvalue weighted by molar-refractivity contribution is -0.384. The summed E-state index contributed by atoms with van der Waals surface area (Å²) in [6.45, 7) is 0.405. The standard InChI is InChI=1S/C18H16F3N3O5/c19-18(20,21)12-2-3-13(14(8-12)24(26)27)22-6-5-17(25)23-9-11-1-4-15-16(7-11)29-10-28-15/h1-4,7-8,22H,5-6,9-10H2,(H,23,25). The van der Waals surface area contributed by atoms with Crippen molar-refractivity contribution in [3.05, 3.63) is 57.6 Å². The van der Waals surface area contributed by atoms with Gasteiger partial charge in [-0.2, -0.15) is 13.2 Å². The minimum atomic E-state index is -4.68. The van der Waals surface area contributed by atoms with Crippen molar-refractivity contribution in [3.63, 3.8) is 0 Å². The number of nitro groups is 1. The van der Waals surface area contributed by atoms with Gasteiger partial charge in [0.15, 0.2) is 11.5 Å². The Morgan fingerprint density at radius 3 is 2.62 bits per heavy atom. The number of hydrogen-bond acceptors (Lipinski definition) is 6. The first-order chi connectivity index (χ1) is 13.7. The third-order valence-corrected chi connectivity index (χ3v) is 4.12. The molecule has 0 bridgehead atoms. The summed E-state index contributed by atoms with van der Waals surface area (Å²) in [7, 11) is 0. The maximum atomic E-state index is 12.7. The fourth-order valence-corrected chi connectivity index (χ4v) is 2.66. The van der Waals surface area contributed by atoms with Crippen LogP contribution in [0, 0.1) is 10.1 Å². The smallest absolute Gasteiger partial charge is 0.416 e. The van der Waals surface area contributed by atoms with Crippen LogP contribution in [0.1, 0.15) is 17.5 Å². The molecule has 1 aliphatic heterocycles. The number of halogens is 3. The number of fused-ring (bicyclic) bond motifs is 1. The topological polar surface area (TPSA) is 103 Å². The van der Waals surface area contributed by atoms with Gasteiger partial charge in [-0.05, 0) is 29.8 Å². The molecule has 29 heavy (non-hydrogen) atoms. The zero-order valence-corrected chi connectivity index (χ0v) is 14.9. The normalized spacial score (nSPS) is 12.5. The zero-order chi connectivity index (χ0) is 21.0. The number of nitrogens with zero attached hydrogens (tertiary/aromatic N) is 1. The summed E-state index contributed by atoms with van der Waals surface area (Å²) >= 11 is 0. The van der Waals surface area contributed by atoms with Crippen LogP contribution in [-0.4, -0.2) is 24.2 Å². The van der Waals surface area contributed by atoms with Gasteiger partial charge in [-0.15, -0.1) is 0 Å². The first-order valence-corrected chi connectivity index (χ1v) is 8.49.